The molecule has 0 saturated heterocycles. The summed E-state index contributed by atoms with van der Waals surface area (Å²) in [6.07, 6.45) is 0.156. The summed E-state index contributed by atoms with van der Waals surface area (Å²) in [7, 11) is 0. The summed E-state index contributed by atoms with van der Waals surface area (Å²) >= 11 is 0. The molecular weight excluding hydrogens is 389 g/mol. The molecule has 5 rings (SSSR count). The molecule has 5 aromatic rings. The number of benzene rings is 4. The molecule has 4 nitrogen and oxygen atoms in total. The Morgan fingerprint density at radius 3 is 2.71 bits per heavy atom. The topological polar surface area (TPSA) is 71.8 Å². The molecule has 0 aliphatic carbocycles. The maximum Gasteiger partial charge on any atom is 0.167 e. The van der Waals surface area contributed by atoms with Crippen LogP contribution in [-0.2, 0) is 6.42 Å². The third-order valence-corrected chi connectivity index (χ3v) is 5.71. The van der Waals surface area contributed by atoms with Crippen LogP contribution in [-0.4, -0.2) is 16.0 Å². The van der Waals surface area contributed by atoms with E-state index in [1.807, 2.05) is 48.5 Å². The van der Waals surface area contributed by atoms with Gasteiger partial charge in [-0.05, 0) is 58.1 Å². The van der Waals surface area contributed by atoms with Crippen LogP contribution in [0.3, 0.4) is 0 Å². The van der Waals surface area contributed by atoms with Crippen LogP contribution in [0.5, 0.6) is 0 Å². The summed E-state index contributed by atoms with van der Waals surface area (Å²) in [5.41, 5.74) is 10.8. The number of hydrogen-bond donors (Lipinski definition) is 2. The van der Waals surface area contributed by atoms with Crippen molar-refractivity contribution in [1.29, 1.82) is 0 Å². The Hall–Kier alpha value is -3.99. The molecule has 0 unspecified atom stereocenters. The molecule has 0 atom stereocenters. The van der Waals surface area contributed by atoms with Gasteiger partial charge in [0.15, 0.2) is 11.6 Å². The van der Waals surface area contributed by atoms with Crippen molar-refractivity contribution in [3.8, 4) is 11.1 Å². The van der Waals surface area contributed by atoms with Crippen LogP contribution in [0.25, 0.3) is 32.8 Å². The zero-order valence-electron chi connectivity index (χ0n) is 16.9. The second kappa shape index (κ2) is 7.36. The van der Waals surface area contributed by atoms with E-state index in [1.54, 1.807) is 19.1 Å². The van der Waals surface area contributed by atoms with Gasteiger partial charge in [-0.15, -0.1) is 0 Å². The van der Waals surface area contributed by atoms with Gasteiger partial charge in [0, 0.05) is 12.0 Å². The summed E-state index contributed by atoms with van der Waals surface area (Å²) in [6.45, 7) is 1.71. The first kappa shape index (κ1) is 19.0. The van der Waals surface area contributed by atoms with E-state index in [0.717, 1.165) is 32.8 Å². The van der Waals surface area contributed by atoms with Crippen molar-refractivity contribution in [3.05, 3.63) is 95.3 Å². The van der Waals surface area contributed by atoms with Gasteiger partial charge in [0.05, 0.1) is 10.9 Å². The minimum absolute atomic E-state index is 0.0391. The largest absolute Gasteiger partial charge is 0.382 e. The fourth-order valence-corrected chi connectivity index (χ4v) is 4.06. The normalized spacial score (nSPS) is 11.3. The first-order chi connectivity index (χ1) is 15.0. The van der Waals surface area contributed by atoms with E-state index in [0.29, 0.717) is 22.5 Å². The van der Waals surface area contributed by atoms with Gasteiger partial charge in [0.2, 0.25) is 0 Å². The zero-order valence-corrected chi connectivity index (χ0v) is 16.9. The van der Waals surface area contributed by atoms with Gasteiger partial charge >= 0.3 is 0 Å². The Morgan fingerprint density at radius 1 is 1.03 bits per heavy atom. The van der Waals surface area contributed by atoms with E-state index in [4.69, 9.17) is 5.73 Å². The highest BCUT2D eigenvalue weighted by Gasteiger charge is 2.14. The van der Waals surface area contributed by atoms with Gasteiger partial charge in [-0.25, -0.2) is 4.39 Å². The molecule has 0 fully saturated rings. The minimum atomic E-state index is -0.291. The van der Waals surface area contributed by atoms with E-state index in [2.05, 4.69) is 16.3 Å². The van der Waals surface area contributed by atoms with Crippen LogP contribution in [0.4, 0.5) is 10.2 Å². The van der Waals surface area contributed by atoms with Crippen molar-refractivity contribution in [2.45, 2.75) is 13.3 Å². The molecule has 0 aliphatic heterocycles. The lowest BCUT2D eigenvalue weighted by Crippen LogP contribution is -2.05. The Bertz CT molecular complexity index is 1470. The van der Waals surface area contributed by atoms with Gasteiger partial charge in [0.25, 0.3) is 0 Å². The number of fused-ring (bicyclic) bond motifs is 2. The van der Waals surface area contributed by atoms with Crippen molar-refractivity contribution in [2.24, 2.45) is 0 Å². The van der Waals surface area contributed by atoms with Gasteiger partial charge in [-0.2, -0.15) is 5.10 Å². The van der Waals surface area contributed by atoms with E-state index in [9.17, 15) is 9.18 Å². The number of carbonyl (C=O) groups excluding carboxylic acids is 1. The van der Waals surface area contributed by atoms with Crippen molar-refractivity contribution in [2.75, 3.05) is 5.73 Å². The first-order valence-corrected chi connectivity index (χ1v) is 10.1. The van der Waals surface area contributed by atoms with Crippen LogP contribution >= 0.6 is 0 Å². The highest BCUT2D eigenvalue weighted by Crippen LogP contribution is 2.33. The summed E-state index contributed by atoms with van der Waals surface area (Å²) in [5.74, 6) is 0.128. The number of nitrogens with zero attached hydrogens (tertiary/aromatic N) is 1. The molecule has 0 aliphatic rings. The Kier molecular flexibility index (Phi) is 4.51. The maximum atomic E-state index is 13.9. The number of nitrogens with two attached hydrogens (primary N) is 1. The van der Waals surface area contributed by atoms with Crippen LogP contribution < -0.4 is 5.73 Å². The van der Waals surface area contributed by atoms with Gasteiger partial charge in [-0.3, -0.25) is 9.89 Å². The first-order valence-electron chi connectivity index (χ1n) is 10.1. The van der Waals surface area contributed by atoms with E-state index >= 15 is 0 Å². The average Bonchev–Trinajstić information content (AvgIpc) is 3.16. The second-order valence-electron chi connectivity index (χ2n) is 7.76. The predicted octanol–water partition coefficient (Wildman–Crippen LogP) is 5.84. The number of aromatic amines is 1. The lowest BCUT2D eigenvalue weighted by molar-refractivity contribution is 0.0994. The maximum absolute atomic E-state index is 13.9. The molecule has 0 amide bonds. The molecule has 0 spiro atoms. The molecule has 152 valence electrons. The summed E-state index contributed by atoms with van der Waals surface area (Å²) in [4.78, 5) is 13.0. The lowest BCUT2D eigenvalue weighted by atomic mass is 9.94. The van der Waals surface area contributed by atoms with Gasteiger partial charge < -0.3 is 5.73 Å². The lowest BCUT2D eigenvalue weighted by Gasteiger charge is -2.10. The van der Waals surface area contributed by atoms with Crippen LogP contribution in [0, 0.1) is 12.7 Å². The van der Waals surface area contributed by atoms with Crippen molar-refractivity contribution in [3.63, 3.8) is 0 Å². The highest BCUT2D eigenvalue weighted by molar-refractivity contribution is 6.10. The monoisotopic (exact) mass is 409 g/mol. The quantitative estimate of drug-likeness (QED) is 0.366. The van der Waals surface area contributed by atoms with E-state index in [-0.39, 0.29) is 18.0 Å². The van der Waals surface area contributed by atoms with Crippen molar-refractivity contribution < 1.29 is 9.18 Å². The molecule has 31 heavy (non-hydrogen) atoms. The number of nitrogens with one attached hydrogen (secondary N) is 1. The fourth-order valence-electron chi connectivity index (χ4n) is 4.06. The zero-order chi connectivity index (χ0) is 21.5. The predicted molar refractivity (Wildman–Crippen MR) is 123 cm³/mol. The molecule has 0 radical (unpaired) electrons. The minimum Gasteiger partial charge on any atom is -0.382 e. The average molecular weight is 409 g/mol. The number of nitrogen functional groups attached to an aromatic ring is 1. The number of aryl methyl sites for hydroxylation is 1. The molecule has 4 aromatic carbocycles. The molecule has 3 N–H and O–H groups in total. The molecule has 1 heterocycles. The fraction of sp³-hybridized carbons (Fsp3) is 0.0769. The van der Waals surface area contributed by atoms with E-state index < -0.39 is 0 Å². The number of carbonyl (C=O) groups is 1. The summed E-state index contributed by atoms with van der Waals surface area (Å²) < 4.78 is 13.9. The standard InChI is InChI=1S/C26H20FN3O/c1-15-8-9-16(12-22(15)27)13-24(31)21-6-2-4-17-14-18(10-11-19(17)21)20-5-3-7-23-25(20)26(28)30-29-23/h2-12,14H,13H2,1H3,(H3,28,29,30). The number of anilines is 1. The van der Waals surface area contributed by atoms with Gasteiger partial charge in [0.1, 0.15) is 5.82 Å². The highest BCUT2D eigenvalue weighted by atomic mass is 19.1. The van der Waals surface area contributed by atoms with Crippen LogP contribution in [0.1, 0.15) is 21.5 Å². The Labute approximate surface area is 178 Å². The van der Waals surface area contributed by atoms with E-state index in [1.165, 1.54) is 6.07 Å². The number of rotatable bonds is 4. The third-order valence-electron chi connectivity index (χ3n) is 5.71. The Morgan fingerprint density at radius 2 is 1.87 bits per heavy atom. The number of halogens is 1. The number of ketones is 1. The Balaban J connectivity index is 1.55. The molecule has 1 aromatic heterocycles. The van der Waals surface area contributed by atoms with Gasteiger partial charge in [-0.1, -0.05) is 54.6 Å². The smallest absolute Gasteiger partial charge is 0.167 e. The third kappa shape index (κ3) is 3.34. The number of Topliss-reactive ketones (excluding diaryl/α,β-unsaturated/α-hetero) is 1. The SMILES string of the molecule is Cc1ccc(CC(=O)c2cccc3cc(-c4cccc5[nH]nc(N)c45)ccc23)cc1F. The second-order valence-corrected chi connectivity index (χ2v) is 7.76. The molecule has 5 heteroatoms. The summed E-state index contributed by atoms with van der Waals surface area (Å²) in [5, 5.41) is 9.77. The van der Waals surface area contributed by atoms with Crippen LogP contribution in [0.15, 0.2) is 72.8 Å². The van der Waals surface area contributed by atoms with Crippen molar-refractivity contribution >= 4 is 33.3 Å². The molecule has 0 saturated carbocycles. The number of hydrogen-bond acceptors (Lipinski definition) is 3. The summed E-state index contributed by atoms with van der Waals surface area (Å²) in [6, 6.07) is 22.5. The number of H-pyrrole nitrogens is 1. The molecule has 0 bridgehead atoms. The van der Waals surface area contributed by atoms with Crippen molar-refractivity contribution in [1.82, 2.24) is 10.2 Å². The van der Waals surface area contributed by atoms with Crippen LogP contribution in [0.2, 0.25) is 0 Å². The number of aromatic nitrogens is 2. The molecular formula is C26H20FN3O.